The molecule has 27 heavy (non-hydrogen) atoms. The van der Waals surface area contributed by atoms with Crippen LogP contribution in [0.2, 0.25) is 0 Å². The first kappa shape index (κ1) is 19.3. The van der Waals surface area contributed by atoms with E-state index in [-0.39, 0.29) is 11.8 Å². The monoisotopic (exact) mass is 428 g/mol. The van der Waals surface area contributed by atoms with Gasteiger partial charge in [-0.2, -0.15) is 5.10 Å². The molecule has 0 unspecified atom stereocenters. The van der Waals surface area contributed by atoms with Gasteiger partial charge in [0.25, 0.3) is 0 Å². The van der Waals surface area contributed by atoms with E-state index >= 15 is 0 Å². The predicted molar refractivity (Wildman–Crippen MR) is 108 cm³/mol. The smallest absolute Gasteiger partial charge is 0.343 e. The molecule has 0 heterocycles. The highest BCUT2D eigenvalue weighted by Gasteiger charge is 2.20. The standard InChI is InChI=1S/C21H21BrN2O3/c22-18-11-12-19(27-21(26)16-9-5-2-6-10-16)17(13-18)14-23-24-20(25)15-7-3-1-4-8-15/h2,5-6,9-15H,1,3-4,7-8H2,(H,24,25). The molecule has 0 aliphatic heterocycles. The van der Waals surface area contributed by atoms with Crippen molar-refractivity contribution in [2.75, 3.05) is 0 Å². The molecule has 3 rings (SSSR count). The molecular formula is C21H21BrN2O3. The first-order valence-corrected chi connectivity index (χ1v) is 9.82. The Balaban J connectivity index is 1.68. The molecule has 5 nitrogen and oxygen atoms in total. The fourth-order valence-electron chi connectivity index (χ4n) is 3.07. The van der Waals surface area contributed by atoms with Crippen molar-refractivity contribution < 1.29 is 14.3 Å². The maximum atomic E-state index is 12.3. The maximum absolute atomic E-state index is 12.3. The molecule has 0 saturated heterocycles. The van der Waals surface area contributed by atoms with Gasteiger partial charge in [-0.15, -0.1) is 0 Å². The summed E-state index contributed by atoms with van der Waals surface area (Å²) in [5.74, 6) is -0.0842. The van der Waals surface area contributed by atoms with Crippen LogP contribution in [-0.4, -0.2) is 18.1 Å². The Kier molecular flexibility index (Phi) is 6.76. The van der Waals surface area contributed by atoms with Gasteiger partial charge in [0, 0.05) is 16.0 Å². The molecule has 1 aliphatic rings. The molecule has 1 saturated carbocycles. The molecule has 6 heteroatoms. The summed E-state index contributed by atoms with van der Waals surface area (Å²) < 4.78 is 6.32. The zero-order valence-corrected chi connectivity index (χ0v) is 16.4. The van der Waals surface area contributed by atoms with Gasteiger partial charge in [0.05, 0.1) is 11.8 Å². The minimum absolute atomic E-state index is 0.0359. The lowest BCUT2D eigenvalue weighted by Crippen LogP contribution is -2.28. The minimum atomic E-state index is -0.446. The van der Waals surface area contributed by atoms with Crippen LogP contribution in [0.1, 0.15) is 48.0 Å². The van der Waals surface area contributed by atoms with Crippen LogP contribution in [0.4, 0.5) is 0 Å². The van der Waals surface area contributed by atoms with Crippen molar-refractivity contribution in [3.63, 3.8) is 0 Å². The Labute approximate surface area is 166 Å². The van der Waals surface area contributed by atoms with E-state index in [2.05, 4.69) is 26.5 Å². The van der Waals surface area contributed by atoms with E-state index in [9.17, 15) is 9.59 Å². The molecule has 1 N–H and O–H groups in total. The molecule has 0 bridgehead atoms. The van der Waals surface area contributed by atoms with E-state index in [0.717, 1.165) is 30.2 Å². The van der Waals surface area contributed by atoms with Crippen LogP contribution in [-0.2, 0) is 4.79 Å². The van der Waals surface area contributed by atoms with Crippen molar-refractivity contribution in [1.82, 2.24) is 5.43 Å². The highest BCUT2D eigenvalue weighted by Crippen LogP contribution is 2.24. The number of halogens is 1. The number of carbonyl (C=O) groups is 2. The summed E-state index contributed by atoms with van der Waals surface area (Å²) in [4.78, 5) is 24.5. The number of carbonyl (C=O) groups excluding carboxylic acids is 2. The van der Waals surface area contributed by atoms with E-state index in [1.807, 2.05) is 6.07 Å². The van der Waals surface area contributed by atoms with Gasteiger partial charge in [0.15, 0.2) is 0 Å². The van der Waals surface area contributed by atoms with Crippen molar-refractivity contribution in [3.8, 4) is 5.75 Å². The molecule has 0 radical (unpaired) electrons. The highest BCUT2D eigenvalue weighted by molar-refractivity contribution is 9.10. The Bertz CT molecular complexity index is 831. The van der Waals surface area contributed by atoms with Crippen LogP contribution < -0.4 is 10.2 Å². The lowest BCUT2D eigenvalue weighted by atomic mass is 9.89. The number of nitrogens with one attached hydrogen (secondary N) is 1. The Hall–Kier alpha value is -2.47. The zero-order valence-electron chi connectivity index (χ0n) is 14.9. The Morgan fingerprint density at radius 1 is 1.07 bits per heavy atom. The molecule has 2 aromatic carbocycles. The molecule has 0 atom stereocenters. The molecule has 2 aromatic rings. The van der Waals surface area contributed by atoms with E-state index in [4.69, 9.17) is 4.74 Å². The third-order valence-corrected chi connectivity index (χ3v) is 5.03. The topological polar surface area (TPSA) is 67.8 Å². The average molecular weight is 429 g/mol. The number of hydrazone groups is 1. The third kappa shape index (κ3) is 5.50. The third-order valence-electron chi connectivity index (χ3n) is 4.54. The molecule has 0 spiro atoms. The fraction of sp³-hybridized carbons (Fsp3) is 0.286. The van der Waals surface area contributed by atoms with Gasteiger partial charge < -0.3 is 4.74 Å². The SMILES string of the molecule is O=C(Oc1ccc(Br)cc1C=NNC(=O)C1CCCCC1)c1ccccc1. The Morgan fingerprint density at radius 2 is 1.81 bits per heavy atom. The summed E-state index contributed by atoms with van der Waals surface area (Å²) in [5, 5.41) is 4.06. The van der Waals surface area contributed by atoms with Crippen LogP contribution in [0.25, 0.3) is 0 Å². The summed E-state index contributed by atoms with van der Waals surface area (Å²) in [6, 6.07) is 14.0. The number of esters is 1. The summed E-state index contributed by atoms with van der Waals surface area (Å²) in [6.07, 6.45) is 6.71. The van der Waals surface area contributed by atoms with Gasteiger partial charge in [-0.05, 0) is 43.2 Å². The first-order chi connectivity index (χ1) is 13.1. The molecule has 1 aliphatic carbocycles. The fourth-order valence-corrected chi connectivity index (χ4v) is 3.45. The highest BCUT2D eigenvalue weighted by atomic mass is 79.9. The molecule has 140 valence electrons. The Morgan fingerprint density at radius 3 is 2.56 bits per heavy atom. The van der Waals surface area contributed by atoms with E-state index in [1.54, 1.807) is 42.5 Å². The van der Waals surface area contributed by atoms with Crippen LogP contribution in [0.5, 0.6) is 5.75 Å². The molecule has 1 amide bonds. The molecular weight excluding hydrogens is 408 g/mol. The van der Waals surface area contributed by atoms with Gasteiger partial charge in [-0.1, -0.05) is 53.4 Å². The number of hydrogen-bond donors (Lipinski definition) is 1. The van der Waals surface area contributed by atoms with Gasteiger partial charge in [0.1, 0.15) is 5.75 Å². The second-order valence-corrected chi connectivity index (χ2v) is 7.42. The first-order valence-electron chi connectivity index (χ1n) is 9.03. The lowest BCUT2D eigenvalue weighted by molar-refractivity contribution is -0.125. The quantitative estimate of drug-likeness (QED) is 0.324. The number of rotatable bonds is 5. The van der Waals surface area contributed by atoms with Crippen molar-refractivity contribution >= 4 is 34.0 Å². The summed E-state index contributed by atoms with van der Waals surface area (Å²) in [6.45, 7) is 0. The van der Waals surface area contributed by atoms with Crippen LogP contribution in [0.3, 0.4) is 0 Å². The number of nitrogens with zero attached hydrogens (tertiary/aromatic N) is 1. The van der Waals surface area contributed by atoms with Crippen molar-refractivity contribution in [2.45, 2.75) is 32.1 Å². The molecule has 0 aromatic heterocycles. The van der Waals surface area contributed by atoms with Crippen molar-refractivity contribution in [2.24, 2.45) is 11.0 Å². The van der Waals surface area contributed by atoms with E-state index < -0.39 is 5.97 Å². The van der Waals surface area contributed by atoms with Gasteiger partial charge >= 0.3 is 5.97 Å². The van der Waals surface area contributed by atoms with Gasteiger partial charge in [-0.3, -0.25) is 4.79 Å². The second kappa shape index (κ2) is 9.46. The lowest BCUT2D eigenvalue weighted by Gasteiger charge is -2.19. The maximum Gasteiger partial charge on any atom is 0.343 e. The van der Waals surface area contributed by atoms with Crippen LogP contribution >= 0.6 is 15.9 Å². The summed E-state index contributed by atoms with van der Waals surface area (Å²) in [5.41, 5.74) is 3.67. The van der Waals surface area contributed by atoms with Crippen LogP contribution in [0, 0.1) is 5.92 Å². The number of amides is 1. The van der Waals surface area contributed by atoms with Gasteiger partial charge in [0.2, 0.25) is 5.91 Å². The van der Waals surface area contributed by atoms with Crippen molar-refractivity contribution in [3.05, 3.63) is 64.1 Å². The van der Waals surface area contributed by atoms with E-state index in [1.165, 1.54) is 12.6 Å². The van der Waals surface area contributed by atoms with Crippen LogP contribution in [0.15, 0.2) is 58.1 Å². The largest absolute Gasteiger partial charge is 0.422 e. The van der Waals surface area contributed by atoms with Gasteiger partial charge in [-0.25, -0.2) is 10.2 Å². The molecule has 1 fully saturated rings. The van der Waals surface area contributed by atoms with Crippen molar-refractivity contribution in [1.29, 1.82) is 0 Å². The second-order valence-electron chi connectivity index (χ2n) is 6.51. The predicted octanol–water partition coefficient (Wildman–Crippen LogP) is 4.70. The normalized spacial score (nSPS) is 14.9. The summed E-state index contributed by atoms with van der Waals surface area (Å²) >= 11 is 3.40. The number of benzene rings is 2. The average Bonchev–Trinajstić information content (AvgIpc) is 2.71. The zero-order chi connectivity index (χ0) is 19.1. The number of ether oxygens (including phenoxy) is 1. The summed E-state index contributed by atoms with van der Waals surface area (Å²) in [7, 11) is 0. The van der Waals surface area contributed by atoms with E-state index in [0.29, 0.717) is 16.9 Å². The number of hydrogen-bond acceptors (Lipinski definition) is 4. The minimum Gasteiger partial charge on any atom is -0.422 e.